The Kier molecular flexibility index (Phi) is 10.4. The van der Waals surface area contributed by atoms with Crippen molar-refractivity contribution in [2.45, 2.75) is 64.0 Å². The molecule has 10 aromatic rings. The Hall–Kier alpha value is -7.94. The minimum absolute atomic E-state index is 0.0426. The molecule has 1 saturated carbocycles. The lowest BCUT2D eigenvalue weighted by Gasteiger charge is -2.28. The number of benzene rings is 8. The number of fused-ring (bicyclic) bond motifs is 9. The van der Waals surface area contributed by atoms with Crippen LogP contribution in [0.4, 0.5) is 0 Å². The summed E-state index contributed by atoms with van der Waals surface area (Å²) in [6.45, 7) is 7.30. The van der Waals surface area contributed by atoms with E-state index in [4.69, 9.17) is 0 Å². The fourth-order valence-electron chi connectivity index (χ4n) is 13.1. The number of aryl methyl sites for hydroxylation is 1. The number of unbranched alkanes of at least 4 members (excludes halogenated alkanes) is 1. The van der Waals surface area contributed by atoms with Gasteiger partial charge in [-0.3, -0.25) is 0 Å². The van der Waals surface area contributed by atoms with Crippen LogP contribution in [0.5, 0.6) is 0 Å². The molecule has 4 atom stereocenters. The van der Waals surface area contributed by atoms with Crippen LogP contribution in [0.3, 0.4) is 0 Å². The molecule has 13 rings (SSSR count). The molecule has 1 fully saturated rings. The highest BCUT2D eigenvalue weighted by Gasteiger charge is 2.88. The van der Waals surface area contributed by atoms with Crippen LogP contribution in [-0.4, -0.2) is 0 Å². The van der Waals surface area contributed by atoms with Gasteiger partial charge in [0, 0.05) is 29.3 Å². The molecule has 1 aliphatic carbocycles. The van der Waals surface area contributed by atoms with E-state index in [1.54, 1.807) is 0 Å². The van der Waals surface area contributed by atoms with Crippen LogP contribution in [-0.2, 0) is 11.8 Å². The summed E-state index contributed by atoms with van der Waals surface area (Å²) in [5.74, 6) is 0. The van der Waals surface area contributed by atoms with Crippen LogP contribution in [0.1, 0.15) is 68.8 Å². The lowest BCUT2D eigenvalue weighted by Crippen LogP contribution is -2.51. The standard InChI is InChI=1S/C69H58N2/c1-4-6-21-47-33-36-65-61-30-16-17-31-63(61)69(67(71(65)46-47)68(69,3)5-2)66-60-35-34-53(45-62(60)64-32-18-19-37-70(64)66)51-28-20-29-52(38-51)57-40-56(50-26-14-9-15-27-50)43-59(44-57)58-41-54(48-22-10-7-11-23-48)39-55(42-58)49-24-12-8-13-25-49/h7-20,22-46,66-67H,4-6,21H2,1-3H3/q+2. The molecule has 0 N–H and O–H groups in total. The second kappa shape index (κ2) is 17.2. The average molecular weight is 915 g/mol. The minimum Gasteiger partial charge on any atom is -0.193 e. The molecule has 2 aromatic heterocycles. The summed E-state index contributed by atoms with van der Waals surface area (Å²) in [7, 11) is 0. The van der Waals surface area contributed by atoms with Gasteiger partial charge in [-0.2, -0.15) is 9.13 Å². The maximum Gasteiger partial charge on any atom is 0.213 e. The van der Waals surface area contributed by atoms with Crippen molar-refractivity contribution in [1.29, 1.82) is 0 Å². The predicted molar refractivity (Wildman–Crippen MR) is 293 cm³/mol. The Labute approximate surface area is 419 Å². The largest absolute Gasteiger partial charge is 0.213 e. The number of rotatable bonds is 11. The fraction of sp³-hybridized carbons (Fsp3) is 0.159. The molecule has 2 nitrogen and oxygen atoms in total. The van der Waals surface area contributed by atoms with E-state index in [0.29, 0.717) is 6.04 Å². The second-order valence-corrected chi connectivity index (χ2v) is 20.5. The number of hydrogen-bond acceptors (Lipinski definition) is 0. The van der Waals surface area contributed by atoms with Gasteiger partial charge in [0.15, 0.2) is 18.4 Å². The van der Waals surface area contributed by atoms with Crippen LogP contribution in [0.25, 0.3) is 89.3 Å². The lowest BCUT2D eigenvalue weighted by molar-refractivity contribution is -0.727. The predicted octanol–water partition coefficient (Wildman–Crippen LogP) is 16.8. The van der Waals surface area contributed by atoms with Gasteiger partial charge in [0.05, 0.1) is 16.5 Å². The highest BCUT2D eigenvalue weighted by molar-refractivity contribution is 5.87. The number of nitrogens with zero attached hydrogens (tertiary/aromatic N) is 2. The quantitative estimate of drug-likeness (QED) is 0.114. The summed E-state index contributed by atoms with van der Waals surface area (Å²) in [6.07, 6.45) is 9.50. The van der Waals surface area contributed by atoms with Gasteiger partial charge in [0.1, 0.15) is 5.41 Å². The van der Waals surface area contributed by atoms with E-state index in [9.17, 15) is 0 Å². The highest BCUT2D eigenvalue weighted by Crippen LogP contribution is 2.79. The molecular weight excluding hydrogens is 857 g/mol. The van der Waals surface area contributed by atoms with Gasteiger partial charge in [-0.15, -0.1) is 0 Å². The van der Waals surface area contributed by atoms with E-state index in [0.717, 1.165) is 12.8 Å². The summed E-state index contributed by atoms with van der Waals surface area (Å²) in [4.78, 5) is 0. The summed E-state index contributed by atoms with van der Waals surface area (Å²) >= 11 is 0. The Morgan fingerprint density at radius 2 is 0.901 bits per heavy atom. The highest BCUT2D eigenvalue weighted by atomic mass is 15.2. The molecule has 2 heteroatoms. The van der Waals surface area contributed by atoms with Crippen LogP contribution >= 0.6 is 0 Å². The molecule has 0 amide bonds. The minimum atomic E-state index is -0.128. The van der Waals surface area contributed by atoms with Crippen molar-refractivity contribution in [2.75, 3.05) is 0 Å². The fourth-order valence-corrected chi connectivity index (χ4v) is 13.1. The number of pyridine rings is 2. The van der Waals surface area contributed by atoms with E-state index in [-0.39, 0.29) is 16.9 Å². The van der Waals surface area contributed by atoms with Crippen LogP contribution in [0, 0.1) is 5.41 Å². The SMILES string of the molecule is CCCCc1ccc2[n+](c1)C1C(C)(CC)C1(C1c3ccc(-c4cccc(-c5cc(-c6ccccc6)cc(-c6cc(-c7ccccc7)cc(-c7ccccc7)c6)c5)c4)cc3-c3cccc[n+]31)c1ccccc1-2. The zero-order chi connectivity index (χ0) is 47.7. The average Bonchev–Trinajstić information content (AvgIpc) is 3.88. The molecule has 8 aromatic carbocycles. The molecule has 2 aliphatic heterocycles. The Bertz CT molecular complexity index is 3590. The second-order valence-electron chi connectivity index (χ2n) is 20.5. The molecule has 0 radical (unpaired) electrons. The van der Waals surface area contributed by atoms with E-state index < -0.39 is 0 Å². The van der Waals surface area contributed by atoms with Gasteiger partial charge in [-0.1, -0.05) is 167 Å². The zero-order valence-corrected chi connectivity index (χ0v) is 40.9. The maximum atomic E-state index is 2.71. The normalized spacial score (nSPS) is 19.0. The van der Waals surface area contributed by atoms with Gasteiger partial charge in [0.25, 0.3) is 0 Å². The van der Waals surface area contributed by atoms with Crippen LogP contribution < -0.4 is 9.13 Å². The third-order valence-corrected chi connectivity index (χ3v) is 16.7. The summed E-state index contributed by atoms with van der Waals surface area (Å²) in [5, 5.41) is 0. The molecule has 71 heavy (non-hydrogen) atoms. The van der Waals surface area contributed by atoms with Crippen LogP contribution in [0.2, 0.25) is 0 Å². The van der Waals surface area contributed by atoms with Crippen molar-refractivity contribution < 1.29 is 9.13 Å². The molecule has 0 bridgehead atoms. The van der Waals surface area contributed by atoms with E-state index in [1.807, 2.05) is 0 Å². The Morgan fingerprint density at radius 1 is 0.408 bits per heavy atom. The summed E-state index contributed by atoms with van der Waals surface area (Å²) < 4.78 is 5.34. The van der Waals surface area contributed by atoms with Crippen molar-refractivity contribution >= 4 is 0 Å². The third-order valence-electron chi connectivity index (χ3n) is 16.7. The van der Waals surface area contributed by atoms with Crippen molar-refractivity contribution in [3.63, 3.8) is 0 Å². The molecule has 4 unspecified atom stereocenters. The topological polar surface area (TPSA) is 7.76 Å². The first kappa shape index (κ1) is 43.1. The van der Waals surface area contributed by atoms with E-state index in [2.05, 4.69) is 267 Å². The maximum absolute atomic E-state index is 2.71. The van der Waals surface area contributed by atoms with Gasteiger partial charge in [-0.25, -0.2) is 0 Å². The first-order chi connectivity index (χ1) is 35.0. The van der Waals surface area contributed by atoms with Gasteiger partial charge < -0.3 is 0 Å². The molecule has 3 aliphatic rings. The zero-order valence-electron chi connectivity index (χ0n) is 40.9. The first-order valence-corrected chi connectivity index (χ1v) is 25.8. The molecule has 0 saturated heterocycles. The first-order valence-electron chi connectivity index (χ1n) is 25.8. The monoisotopic (exact) mass is 914 g/mol. The van der Waals surface area contributed by atoms with Gasteiger partial charge >= 0.3 is 0 Å². The van der Waals surface area contributed by atoms with E-state index >= 15 is 0 Å². The van der Waals surface area contributed by atoms with Gasteiger partial charge in [-0.05, 0) is 158 Å². The number of aromatic nitrogens is 2. The molecule has 0 spiro atoms. The smallest absolute Gasteiger partial charge is 0.193 e. The number of hydrogen-bond donors (Lipinski definition) is 0. The Balaban J connectivity index is 0.930. The van der Waals surface area contributed by atoms with Crippen LogP contribution in [0.15, 0.2) is 237 Å². The van der Waals surface area contributed by atoms with Crippen molar-refractivity contribution in [3.05, 3.63) is 254 Å². The molecule has 342 valence electrons. The Morgan fingerprint density at radius 3 is 1.51 bits per heavy atom. The lowest BCUT2D eigenvalue weighted by atomic mass is 9.74. The van der Waals surface area contributed by atoms with E-state index in [1.165, 1.54) is 119 Å². The molecular formula is C69H58N2+2. The van der Waals surface area contributed by atoms with Crippen molar-refractivity contribution in [1.82, 2.24) is 0 Å². The summed E-state index contributed by atoms with van der Waals surface area (Å²) in [6, 6.07) is 84.6. The van der Waals surface area contributed by atoms with Crippen molar-refractivity contribution in [2.24, 2.45) is 5.41 Å². The summed E-state index contributed by atoms with van der Waals surface area (Å²) in [5.41, 5.74) is 24.1. The molecule has 4 heterocycles. The van der Waals surface area contributed by atoms with Gasteiger partial charge in [0.2, 0.25) is 17.4 Å². The van der Waals surface area contributed by atoms with Crippen molar-refractivity contribution in [3.8, 4) is 89.3 Å². The third kappa shape index (κ3) is 6.90.